The van der Waals surface area contributed by atoms with E-state index in [2.05, 4.69) is 10.6 Å². The van der Waals surface area contributed by atoms with Crippen molar-refractivity contribution in [3.05, 3.63) is 33.8 Å². The van der Waals surface area contributed by atoms with Crippen LogP contribution in [0, 0.1) is 0 Å². The molecular formula is C15H19Cl2F3N2. The first-order valence-electron chi connectivity index (χ1n) is 7.26. The molecule has 0 unspecified atom stereocenters. The van der Waals surface area contributed by atoms with Crippen LogP contribution in [0.1, 0.15) is 24.8 Å². The molecule has 0 spiro atoms. The Kier molecular flexibility index (Phi) is 6.00. The van der Waals surface area contributed by atoms with Gasteiger partial charge in [-0.1, -0.05) is 29.3 Å². The minimum Gasteiger partial charge on any atom is -0.316 e. The van der Waals surface area contributed by atoms with Crippen LogP contribution in [0.4, 0.5) is 13.2 Å². The Balaban J connectivity index is 2.08. The molecular weight excluding hydrogens is 336 g/mol. The Morgan fingerprint density at radius 3 is 2.59 bits per heavy atom. The van der Waals surface area contributed by atoms with E-state index in [0.717, 1.165) is 31.5 Å². The SMILES string of the molecule is FC(F)(F)CNCC[C@]1(c2ccc(Cl)c(Cl)c2)CCCNC1. The highest BCUT2D eigenvalue weighted by atomic mass is 35.5. The number of hydrogen-bond acceptors (Lipinski definition) is 2. The number of benzene rings is 1. The Morgan fingerprint density at radius 1 is 1.23 bits per heavy atom. The van der Waals surface area contributed by atoms with Crippen LogP contribution in [0.2, 0.25) is 10.0 Å². The summed E-state index contributed by atoms with van der Waals surface area (Å²) in [6.07, 6.45) is -1.65. The van der Waals surface area contributed by atoms with Crippen LogP contribution in [-0.4, -0.2) is 32.4 Å². The molecule has 1 saturated heterocycles. The van der Waals surface area contributed by atoms with Crippen molar-refractivity contribution < 1.29 is 13.2 Å². The van der Waals surface area contributed by atoms with E-state index in [1.54, 1.807) is 6.07 Å². The van der Waals surface area contributed by atoms with Crippen LogP contribution in [0.25, 0.3) is 0 Å². The first-order chi connectivity index (χ1) is 10.3. The fourth-order valence-corrected chi connectivity index (χ4v) is 3.25. The maximum atomic E-state index is 12.2. The molecule has 1 aliphatic heterocycles. The van der Waals surface area contributed by atoms with Crippen LogP contribution in [-0.2, 0) is 5.41 Å². The van der Waals surface area contributed by atoms with Gasteiger partial charge >= 0.3 is 6.18 Å². The molecule has 0 aliphatic carbocycles. The molecule has 1 atom stereocenters. The molecule has 1 fully saturated rings. The van der Waals surface area contributed by atoms with Gasteiger partial charge in [-0.05, 0) is 50.0 Å². The summed E-state index contributed by atoms with van der Waals surface area (Å²) in [6, 6.07) is 5.50. The van der Waals surface area contributed by atoms with E-state index in [0.29, 0.717) is 23.0 Å². The lowest BCUT2D eigenvalue weighted by molar-refractivity contribution is -0.124. The molecule has 22 heavy (non-hydrogen) atoms. The average Bonchev–Trinajstić information content (AvgIpc) is 2.46. The largest absolute Gasteiger partial charge is 0.401 e. The van der Waals surface area contributed by atoms with E-state index in [1.807, 2.05) is 12.1 Å². The molecule has 1 aromatic carbocycles. The fourth-order valence-electron chi connectivity index (χ4n) is 2.96. The zero-order valence-corrected chi connectivity index (χ0v) is 13.6. The molecule has 0 saturated carbocycles. The first-order valence-corrected chi connectivity index (χ1v) is 8.02. The number of halogens is 5. The third-order valence-electron chi connectivity index (χ3n) is 4.11. The summed E-state index contributed by atoms with van der Waals surface area (Å²) in [5.74, 6) is 0. The number of nitrogens with one attached hydrogen (secondary N) is 2. The highest BCUT2D eigenvalue weighted by Gasteiger charge is 2.34. The lowest BCUT2D eigenvalue weighted by atomic mass is 9.72. The summed E-state index contributed by atoms with van der Waals surface area (Å²) in [4.78, 5) is 0. The second-order valence-electron chi connectivity index (χ2n) is 5.73. The van der Waals surface area contributed by atoms with Gasteiger partial charge in [0.25, 0.3) is 0 Å². The van der Waals surface area contributed by atoms with Gasteiger partial charge in [-0.25, -0.2) is 0 Å². The summed E-state index contributed by atoms with van der Waals surface area (Å²) in [5.41, 5.74) is 0.827. The van der Waals surface area contributed by atoms with E-state index < -0.39 is 12.7 Å². The van der Waals surface area contributed by atoms with Gasteiger partial charge in [-0.2, -0.15) is 13.2 Å². The maximum Gasteiger partial charge on any atom is 0.401 e. The molecule has 1 heterocycles. The van der Waals surface area contributed by atoms with E-state index in [-0.39, 0.29) is 5.41 Å². The van der Waals surface area contributed by atoms with Crippen molar-refractivity contribution in [2.75, 3.05) is 26.2 Å². The van der Waals surface area contributed by atoms with Crippen molar-refractivity contribution in [1.29, 1.82) is 0 Å². The van der Waals surface area contributed by atoms with Gasteiger partial charge in [0, 0.05) is 12.0 Å². The molecule has 0 radical (unpaired) electrons. The third kappa shape index (κ3) is 4.75. The third-order valence-corrected chi connectivity index (χ3v) is 4.85. The molecule has 0 bridgehead atoms. The van der Waals surface area contributed by atoms with Gasteiger partial charge in [-0.3, -0.25) is 0 Å². The predicted octanol–water partition coefficient (Wildman–Crippen LogP) is 4.16. The van der Waals surface area contributed by atoms with E-state index >= 15 is 0 Å². The minimum atomic E-state index is -4.18. The van der Waals surface area contributed by atoms with Crippen molar-refractivity contribution in [2.45, 2.75) is 30.9 Å². The summed E-state index contributed by atoms with van der Waals surface area (Å²) in [5, 5.41) is 6.79. The summed E-state index contributed by atoms with van der Waals surface area (Å²) < 4.78 is 36.7. The average molecular weight is 355 g/mol. The zero-order valence-electron chi connectivity index (χ0n) is 12.1. The van der Waals surface area contributed by atoms with Gasteiger partial charge in [0.2, 0.25) is 0 Å². The topological polar surface area (TPSA) is 24.1 Å². The summed E-state index contributed by atoms with van der Waals surface area (Å²) in [7, 11) is 0. The van der Waals surface area contributed by atoms with Crippen molar-refractivity contribution in [3.8, 4) is 0 Å². The Morgan fingerprint density at radius 2 is 2.00 bits per heavy atom. The van der Waals surface area contributed by atoms with Gasteiger partial charge in [0.15, 0.2) is 0 Å². The van der Waals surface area contributed by atoms with Crippen LogP contribution >= 0.6 is 23.2 Å². The molecule has 1 aliphatic rings. The van der Waals surface area contributed by atoms with Crippen LogP contribution in [0.15, 0.2) is 18.2 Å². The Bertz CT molecular complexity index is 500. The first kappa shape index (κ1) is 17.9. The number of hydrogen-bond donors (Lipinski definition) is 2. The van der Waals surface area contributed by atoms with Gasteiger partial charge in [0.05, 0.1) is 16.6 Å². The Hall–Kier alpha value is -0.490. The van der Waals surface area contributed by atoms with Crippen LogP contribution in [0.3, 0.4) is 0 Å². The number of piperidine rings is 1. The lowest BCUT2D eigenvalue weighted by Crippen LogP contribution is -2.45. The van der Waals surface area contributed by atoms with Gasteiger partial charge in [0.1, 0.15) is 0 Å². The highest BCUT2D eigenvalue weighted by molar-refractivity contribution is 6.42. The van der Waals surface area contributed by atoms with E-state index in [4.69, 9.17) is 23.2 Å². The van der Waals surface area contributed by atoms with Gasteiger partial charge < -0.3 is 10.6 Å². The summed E-state index contributed by atoms with van der Waals surface area (Å²) in [6.45, 7) is 1.01. The van der Waals surface area contributed by atoms with Crippen molar-refractivity contribution in [1.82, 2.24) is 10.6 Å². The quantitative estimate of drug-likeness (QED) is 0.776. The second-order valence-corrected chi connectivity index (χ2v) is 6.55. The van der Waals surface area contributed by atoms with Crippen LogP contribution in [0.5, 0.6) is 0 Å². The highest BCUT2D eigenvalue weighted by Crippen LogP contribution is 2.37. The summed E-state index contributed by atoms with van der Waals surface area (Å²) >= 11 is 12.1. The zero-order chi connectivity index (χ0) is 16.2. The molecule has 2 rings (SSSR count). The number of alkyl halides is 3. The maximum absolute atomic E-state index is 12.2. The Labute approximate surface area is 138 Å². The van der Waals surface area contributed by atoms with Crippen molar-refractivity contribution in [2.24, 2.45) is 0 Å². The molecule has 7 heteroatoms. The van der Waals surface area contributed by atoms with E-state index in [9.17, 15) is 13.2 Å². The van der Waals surface area contributed by atoms with E-state index in [1.165, 1.54) is 0 Å². The molecule has 0 aromatic heterocycles. The monoisotopic (exact) mass is 354 g/mol. The standard InChI is InChI=1S/C15H19Cl2F3N2/c16-12-3-2-11(8-13(12)17)14(4-1-6-21-9-14)5-7-22-10-15(18,19)20/h2-3,8,21-22H,1,4-7,9-10H2/t14-/m1/s1. The minimum absolute atomic E-state index is 0.203. The predicted molar refractivity (Wildman–Crippen MR) is 83.8 cm³/mol. The molecule has 1 aromatic rings. The smallest absolute Gasteiger partial charge is 0.316 e. The molecule has 2 N–H and O–H groups in total. The fraction of sp³-hybridized carbons (Fsp3) is 0.600. The second kappa shape index (κ2) is 7.39. The van der Waals surface area contributed by atoms with Crippen molar-refractivity contribution >= 4 is 23.2 Å². The van der Waals surface area contributed by atoms with Crippen molar-refractivity contribution in [3.63, 3.8) is 0 Å². The van der Waals surface area contributed by atoms with Gasteiger partial charge in [-0.15, -0.1) is 0 Å². The lowest BCUT2D eigenvalue weighted by Gasteiger charge is -2.39. The molecule has 124 valence electrons. The number of rotatable bonds is 5. The normalized spacial score (nSPS) is 22.8. The molecule has 0 amide bonds. The van der Waals surface area contributed by atoms with Crippen LogP contribution < -0.4 is 10.6 Å². The molecule has 2 nitrogen and oxygen atoms in total.